The average molecular weight is 282 g/mol. The summed E-state index contributed by atoms with van der Waals surface area (Å²) in [5.41, 5.74) is 5.18. The van der Waals surface area contributed by atoms with E-state index in [9.17, 15) is 19.5 Å². The van der Waals surface area contributed by atoms with Crippen LogP contribution in [0.2, 0.25) is 0 Å². The van der Waals surface area contributed by atoms with Crippen LogP contribution in [0.1, 0.15) is 23.2 Å². The highest BCUT2D eigenvalue weighted by molar-refractivity contribution is 5.94. The number of anilines is 1. The zero-order valence-electron chi connectivity index (χ0n) is 10.4. The third-order valence-corrected chi connectivity index (χ3v) is 2.51. The van der Waals surface area contributed by atoms with Gasteiger partial charge in [0.2, 0.25) is 5.91 Å². The molecule has 0 aliphatic rings. The van der Waals surface area contributed by atoms with E-state index in [4.69, 9.17) is 15.9 Å². The van der Waals surface area contributed by atoms with Crippen LogP contribution < -0.4 is 11.1 Å². The van der Waals surface area contributed by atoms with Gasteiger partial charge in [-0.1, -0.05) is 0 Å². The largest absolute Gasteiger partial charge is 0.507 e. The van der Waals surface area contributed by atoms with E-state index < -0.39 is 29.6 Å². The van der Waals surface area contributed by atoms with Gasteiger partial charge in [0.1, 0.15) is 17.4 Å². The van der Waals surface area contributed by atoms with Crippen molar-refractivity contribution in [1.82, 2.24) is 0 Å². The van der Waals surface area contributed by atoms with E-state index in [1.54, 1.807) is 0 Å². The zero-order valence-corrected chi connectivity index (χ0v) is 10.4. The molecule has 0 aromatic heterocycles. The highest BCUT2D eigenvalue weighted by atomic mass is 16.4. The van der Waals surface area contributed by atoms with E-state index in [1.807, 2.05) is 0 Å². The Bertz CT molecular complexity index is 543. The van der Waals surface area contributed by atoms with Crippen LogP contribution in [-0.4, -0.2) is 39.2 Å². The number of hydrogen-bond donors (Lipinski definition) is 5. The lowest BCUT2D eigenvalue weighted by Crippen LogP contribution is -2.31. The van der Waals surface area contributed by atoms with Crippen LogP contribution in [0.15, 0.2) is 18.2 Å². The van der Waals surface area contributed by atoms with Gasteiger partial charge in [-0.2, -0.15) is 0 Å². The monoisotopic (exact) mass is 282 g/mol. The van der Waals surface area contributed by atoms with Crippen molar-refractivity contribution in [3.05, 3.63) is 23.8 Å². The number of rotatable bonds is 6. The standard InChI is InChI=1S/C12H14N2O6/c13-8(12(19)20)3-4-10(16)14-6-1-2-7(11(17)18)9(15)5-6/h1-2,5,8,15H,3-4,13H2,(H,14,16)(H,17,18)(H,19,20). The second-order valence-corrected chi connectivity index (χ2v) is 4.07. The molecule has 0 saturated carbocycles. The van der Waals surface area contributed by atoms with E-state index >= 15 is 0 Å². The minimum atomic E-state index is -1.28. The van der Waals surface area contributed by atoms with Crippen molar-refractivity contribution in [2.75, 3.05) is 5.32 Å². The van der Waals surface area contributed by atoms with Crippen molar-refractivity contribution in [3.8, 4) is 5.75 Å². The van der Waals surface area contributed by atoms with Gasteiger partial charge < -0.3 is 26.4 Å². The molecule has 0 fully saturated rings. The number of aromatic hydroxyl groups is 1. The highest BCUT2D eigenvalue weighted by Crippen LogP contribution is 2.22. The van der Waals surface area contributed by atoms with Crippen LogP contribution in [0.5, 0.6) is 5.75 Å². The average Bonchev–Trinajstić information content (AvgIpc) is 2.35. The molecule has 1 aromatic carbocycles. The molecule has 1 unspecified atom stereocenters. The number of aromatic carboxylic acids is 1. The van der Waals surface area contributed by atoms with E-state index in [-0.39, 0.29) is 24.1 Å². The van der Waals surface area contributed by atoms with Crippen molar-refractivity contribution in [3.63, 3.8) is 0 Å². The van der Waals surface area contributed by atoms with Gasteiger partial charge in [-0.25, -0.2) is 4.79 Å². The van der Waals surface area contributed by atoms with Crippen LogP contribution in [0.3, 0.4) is 0 Å². The summed E-state index contributed by atoms with van der Waals surface area (Å²) >= 11 is 0. The third-order valence-electron chi connectivity index (χ3n) is 2.51. The molecule has 8 nitrogen and oxygen atoms in total. The summed E-state index contributed by atoms with van der Waals surface area (Å²) in [7, 11) is 0. The van der Waals surface area contributed by atoms with Crippen molar-refractivity contribution in [2.45, 2.75) is 18.9 Å². The molecular weight excluding hydrogens is 268 g/mol. The lowest BCUT2D eigenvalue weighted by molar-refractivity contribution is -0.138. The van der Waals surface area contributed by atoms with E-state index in [1.165, 1.54) is 6.07 Å². The van der Waals surface area contributed by atoms with Crippen LogP contribution >= 0.6 is 0 Å². The highest BCUT2D eigenvalue weighted by Gasteiger charge is 2.14. The number of carbonyl (C=O) groups excluding carboxylic acids is 1. The first kappa shape index (κ1) is 15.4. The van der Waals surface area contributed by atoms with Crippen LogP contribution in [0.4, 0.5) is 5.69 Å². The Morgan fingerprint density at radius 2 is 1.90 bits per heavy atom. The Morgan fingerprint density at radius 3 is 2.40 bits per heavy atom. The molecule has 0 aliphatic carbocycles. The maximum absolute atomic E-state index is 11.5. The zero-order chi connectivity index (χ0) is 15.3. The fourth-order valence-corrected chi connectivity index (χ4v) is 1.42. The Balaban J connectivity index is 2.61. The molecule has 1 aromatic rings. The number of nitrogens with two attached hydrogens (primary N) is 1. The van der Waals surface area contributed by atoms with Gasteiger partial charge >= 0.3 is 11.9 Å². The Labute approximate surface area is 113 Å². The van der Waals surface area contributed by atoms with Gasteiger partial charge in [0.15, 0.2) is 0 Å². The molecule has 108 valence electrons. The summed E-state index contributed by atoms with van der Waals surface area (Å²) in [5, 5.41) is 29.1. The van der Waals surface area contributed by atoms with Crippen LogP contribution in [0, 0.1) is 0 Å². The number of carbonyl (C=O) groups is 3. The van der Waals surface area contributed by atoms with Crippen molar-refractivity contribution in [1.29, 1.82) is 0 Å². The molecule has 0 saturated heterocycles. The summed E-state index contributed by atoms with van der Waals surface area (Å²) in [6, 6.07) is 2.44. The van der Waals surface area contributed by atoms with Gasteiger partial charge in [-0.05, 0) is 18.6 Å². The molecule has 0 aliphatic heterocycles. The van der Waals surface area contributed by atoms with E-state index in [2.05, 4.69) is 5.32 Å². The van der Waals surface area contributed by atoms with Gasteiger partial charge in [0.25, 0.3) is 0 Å². The van der Waals surface area contributed by atoms with Gasteiger partial charge in [0, 0.05) is 18.2 Å². The van der Waals surface area contributed by atoms with Gasteiger partial charge in [-0.3, -0.25) is 9.59 Å². The van der Waals surface area contributed by atoms with Gasteiger partial charge in [0.05, 0.1) is 0 Å². The summed E-state index contributed by atoms with van der Waals surface area (Å²) in [4.78, 5) is 32.7. The van der Waals surface area contributed by atoms with Crippen LogP contribution in [0.25, 0.3) is 0 Å². The Morgan fingerprint density at radius 1 is 1.25 bits per heavy atom. The molecule has 0 radical (unpaired) electrons. The predicted molar refractivity (Wildman–Crippen MR) is 68.5 cm³/mol. The number of aliphatic carboxylic acids is 1. The number of nitrogens with one attached hydrogen (secondary N) is 1. The number of carboxylic acid groups (broad SMARTS) is 2. The minimum Gasteiger partial charge on any atom is -0.507 e. The summed E-state index contributed by atoms with van der Waals surface area (Å²) < 4.78 is 0. The first-order valence-corrected chi connectivity index (χ1v) is 5.66. The lowest BCUT2D eigenvalue weighted by Gasteiger charge is -2.08. The number of hydrogen-bond acceptors (Lipinski definition) is 5. The lowest BCUT2D eigenvalue weighted by atomic mass is 10.1. The molecule has 1 amide bonds. The van der Waals surface area contributed by atoms with E-state index in [0.29, 0.717) is 0 Å². The Hall–Kier alpha value is -2.61. The Kier molecular flexibility index (Phi) is 5.04. The SMILES string of the molecule is NC(CCC(=O)Nc1ccc(C(=O)O)c(O)c1)C(=O)O. The fourth-order valence-electron chi connectivity index (χ4n) is 1.42. The number of carboxylic acids is 2. The molecule has 0 spiro atoms. The van der Waals surface area contributed by atoms with Crippen molar-refractivity contribution < 1.29 is 29.7 Å². The molecule has 6 N–H and O–H groups in total. The molecule has 20 heavy (non-hydrogen) atoms. The third kappa shape index (κ3) is 4.25. The molecular formula is C12H14N2O6. The number of benzene rings is 1. The first-order valence-electron chi connectivity index (χ1n) is 5.66. The van der Waals surface area contributed by atoms with E-state index in [0.717, 1.165) is 12.1 Å². The second kappa shape index (κ2) is 6.53. The molecule has 8 heteroatoms. The molecule has 0 bridgehead atoms. The number of phenols is 1. The van der Waals surface area contributed by atoms with Gasteiger partial charge in [-0.15, -0.1) is 0 Å². The smallest absolute Gasteiger partial charge is 0.339 e. The molecule has 1 atom stereocenters. The quantitative estimate of drug-likeness (QED) is 0.500. The minimum absolute atomic E-state index is 0.0274. The summed E-state index contributed by atoms with van der Waals surface area (Å²) in [5.74, 6) is -3.43. The second-order valence-electron chi connectivity index (χ2n) is 4.07. The predicted octanol–water partition coefficient (Wildman–Crippen LogP) is 0.221. The van der Waals surface area contributed by atoms with Crippen molar-refractivity contribution in [2.24, 2.45) is 5.73 Å². The summed E-state index contributed by atoms with van der Waals surface area (Å²) in [6.07, 6.45) is -0.130. The topological polar surface area (TPSA) is 150 Å². The maximum atomic E-state index is 11.5. The van der Waals surface area contributed by atoms with Crippen LogP contribution in [-0.2, 0) is 9.59 Å². The summed E-state index contributed by atoms with van der Waals surface area (Å²) in [6.45, 7) is 0. The maximum Gasteiger partial charge on any atom is 0.339 e. The first-order chi connectivity index (χ1) is 9.31. The normalized spacial score (nSPS) is 11.7. The fraction of sp³-hybridized carbons (Fsp3) is 0.250. The molecule has 1 rings (SSSR count). The van der Waals surface area contributed by atoms with Crippen molar-refractivity contribution >= 4 is 23.5 Å². The molecule has 0 heterocycles. The number of amides is 1.